The minimum atomic E-state index is -3.28. The zero-order chi connectivity index (χ0) is 16.2. The van der Waals surface area contributed by atoms with Crippen molar-refractivity contribution in [1.82, 2.24) is 0 Å². The number of methoxy groups -OCH3 is 1. The smallest absolute Gasteiger partial charge is 0.218 e. The van der Waals surface area contributed by atoms with Crippen LogP contribution < -0.4 is 15.4 Å². The van der Waals surface area contributed by atoms with Crippen LogP contribution in [0.3, 0.4) is 0 Å². The van der Waals surface area contributed by atoms with E-state index in [2.05, 4.69) is 4.90 Å². The van der Waals surface area contributed by atoms with Crippen LogP contribution in [0.15, 0.2) is 18.2 Å². The van der Waals surface area contributed by atoms with Crippen LogP contribution in [0.1, 0.15) is 18.4 Å². The minimum absolute atomic E-state index is 0.0117. The summed E-state index contributed by atoms with van der Waals surface area (Å²) in [5.74, 6) is 0.00694. The number of hydrogen-bond donors (Lipinski definition) is 1. The zero-order valence-electron chi connectivity index (χ0n) is 12.7. The second-order valence-corrected chi connectivity index (χ2v) is 7.73. The molecule has 0 atom stereocenters. The Morgan fingerprint density at radius 1 is 1.36 bits per heavy atom. The Morgan fingerprint density at radius 2 is 2.14 bits per heavy atom. The molecule has 22 heavy (non-hydrogen) atoms. The Morgan fingerprint density at radius 3 is 2.82 bits per heavy atom. The van der Waals surface area contributed by atoms with E-state index in [-0.39, 0.29) is 17.9 Å². The number of sulfone groups is 1. The van der Waals surface area contributed by atoms with Crippen molar-refractivity contribution < 1.29 is 17.9 Å². The van der Waals surface area contributed by atoms with Crippen molar-refractivity contribution in [2.24, 2.45) is 5.73 Å². The van der Waals surface area contributed by atoms with Crippen LogP contribution in [0.5, 0.6) is 5.75 Å². The number of para-hydroxylation sites is 1. The van der Waals surface area contributed by atoms with Gasteiger partial charge in [0.15, 0.2) is 9.84 Å². The molecule has 0 bridgehead atoms. The normalized spacial score (nSPS) is 14.5. The number of primary amides is 1. The van der Waals surface area contributed by atoms with Crippen molar-refractivity contribution in [2.75, 3.05) is 36.6 Å². The molecule has 122 valence electrons. The van der Waals surface area contributed by atoms with Gasteiger partial charge in [-0.25, -0.2) is 8.42 Å². The van der Waals surface area contributed by atoms with Gasteiger partial charge in [-0.2, -0.15) is 0 Å². The maximum Gasteiger partial charge on any atom is 0.218 e. The summed E-state index contributed by atoms with van der Waals surface area (Å²) in [5, 5.41) is 0. The molecule has 0 saturated carbocycles. The van der Waals surface area contributed by atoms with Gasteiger partial charge in [0.05, 0.1) is 24.3 Å². The van der Waals surface area contributed by atoms with Gasteiger partial charge < -0.3 is 15.4 Å². The van der Waals surface area contributed by atoms with E-state index in [0.717, 1.165) is 30.8 Å². The quantitative estimate of drug-likeness (QED) is 0.798. The maximum atomic E-state index is 12.0. The monoisotopic (exact) mass is 326 g/mol. The number of aryl methyl sites for hydroxylation is 1. The average Bonchev–Trinajstić information content (AvgIpc) is 2.50. The molecule has 0 unspecified atom stereocenters. The molecular weight excluding hydrogens is 304 g/mol. The Labute approximate surface area is 131 Å². The molecule has 1 amide bonds. The molecule has 0 spiro atoms. The number of carbonyl (C=O) groups excluding carboxylic acids is 1. The third-order valence-electron chi connectivity index (χ3n) is 3.82. The fourth-order valence-corrected chi connectivity index (χ4v) is 3.91. The lowest BCUT2D eigenvalue weighted by atomic mass is 10.0. The highest BCUT2D eigenvalue weighted by molar-refractivity contribution is 7.91. The second kappa shape index (κ2) is 7.00. The molecule has 0 radical (unpaired) electrons. The number of nitrogens with two attached hydrogens (primary N) is 1. The van der Waals surface area contributed by atoms with Gasteiger partial charge in [0.1, 0.15) is 5.75 Å². The topological polar surface area (TPSA) is 89.7 Å². The summed E-state index contributed by atoms with van der Waals surface area (Å²) in [6.45, 7) is 1.20. The molecule has 0 aromatic heterocycles. The highest BCUT2D eigenvalue weighted by Gasteiger charge is 2.22. The molecule has 0 aliphatic carbocycles. The molecule has 1 aromatic rings. The number of carbonyl (C=O) groups is 1. The predicted octanol–water partition coefficient (Wildman–Crippen LogP) is 0.738. The molecule has 6 nitrogen and oxygen atoms in total. The highest BCUT2D eigenvalue weighted by Crippen LogP contribution is 2.35. The summed E-state index contributed by atoms with van der Waals surface area (Å²) in [7, 11) is -1.66. The number of nitrogens with zero attached hydrogens (tertiary/aromatic N) is 1. The van der Waals surface area contributed by atoms with Gasteiger partial charge >= 0.3 is 0 Å². The van der Waals surface area contributed by atoms with E-state index in [1.807, 2.05) is 18.2 Å². The number of anilines is 1. The standard InChI is InChI=1S/C15H22N2O4S/c1-21-13-6-2-4-12-5-3-8-17(15(12)13)9-11-22(19,20)10-7-14(16)18/h2,4,6H,3,5,7-11H2,1H3,(H2,16,18). The highest BCUT2D eigenvalue weighted by atomic mass is 32.2. The van der Waals surface area contributed by atoms with E-state index < -0.39 is 15.7 Å². The van der Waals surface area contributed by atoms with E-state index in [1.54, 1.807) is 7.11 Å². The zero-order valence-corrected chi connectivity index (χ0v) is 13.6. The van der Waals surface area contributed by atoms with E-state index in [0.29, 0.717) is 6.54 Å². The first-order chi connectivity index (χ1) is 10.4. The van der Waals surface area contributed by atoms with Gasteiger partial charge in [-0.1, -0.05) is 12.1 Å². The van der Waals surface area contributed by atoms with Gasteiger partial charge in [0, 0.05) is 19.5 Å². The predicted molar refractivity (Wildman–Crippen MR) is 86.0 cm³/mol. The molecule has 7 heteroatoms. The molecule has 0 saturated heterocycles. The van der Waals surface area contributed by atoms with Gasteiger partial charge in [0.2, 0.25) is 5.91 Å². The number of ether oxygens (including phenoxy) is 1. The van der Waals surface area contributed by atoms with Gasteiger partial charge in [-0.05, 0) is 24.5 Å². The Hall–Kier alpha value is -1.76. The number of benzene rings is 1. The van der Waals surface area contributed by atoms with E-state index in [4.69, 9.17) is 10.5 Å². The fraction of sp³-hybridized carbons (Fsp3) is 0.533. The SMILES string of the molecule is COc1cccc2c1N(CCS(=O)(=O)CCC(N)=O)CCC2. The summed E-state index contributed by atoms with van der Waals surface area (Å²) < 4.78 is 29.4. The van der Waals surface area contributed by atoms with Crippen molar-refractivity contribution in [3.63, 3.8) is 0 Å². The minimum Gasteiger partial charge on any atom is -0.495 e. The van der Waals surface area contributed by atoms with Crippen molar-refractivity contribution in [3.8, 4) is 5.75 Å². The average molecular weight is 326 g/mol. The van der Waals surface area contributed by atoms with Crippen LogP contribution in [-0.2, 0) is 21.1 Å². The first kappa shape index (κ1) is 16.6. The summed E-state index contributed by atoms with van der Waals surface area (Å²) in [6, 6.07) is 5.88. The third-order valence-corrected chi connectivity index (χ3v) is 5.46. The van der Waals surface area contributed by atoms with Crippen molar-refractivity contribution >= 4 is 21.4 Å². The molecule has 1 heterocycles. The van der Waals surface area contributed by atoms with Crippen molar-refractivity contribution in [2.45, 2.75) is 19.3 Å². The third kappa shape index (κ3) is 4.13. The first-order valence-corrected chi connectivity index (χ1v) is 9.14. The molecular formula is C15H22N2O4S. The molecule has 1 aliphatic heterocycles. The molecule has 0 fully saturated rings. The van der Waals surface area contributed by atoms with Gasteiger partial charge in [-0.3, -0.25) is 4.79 Å². The summed E-state index contributed by atoms with van der Waals surface area (Å²) >= 11 is 0. The number of fused-ring (bicyclic) bond motifs is 1. The van der Waals surface area contributed by atoms with Crippen LogP contribution in [0, 0.1) is 0 Å². The van der Waals surface area contributed by atoms with Crippen molar-refractivity contribution in [1.29, 1.82) is 0 Å². The Balaban J connectivity index is 2.08. The summed E-state index contributed by atoms with van der Waals surface area (Å²) in [6.07, 6.45) is 1.83. The number of amides is 1. The first-order valence-electron chi connectivity index (χ1n) is 7.32. The largest absolute Gasteiger partial charge is 0.495 e. The van der Waals surface area contributed by atoms with Crippen molar-refractivity contribution in [3.05, 3.63) is 23.8 Å². The van der Waals surface area contributed by atoms with Crippen LogP contribution in [0.2, 0.25) is 0 Å². The lowest BCUT2D eigenvalue weighted by molar-refractivity contribution is -0.117. The van der Waals surface area contributed by atoms with Crippen LogP contribution in [0.4, 0.5) is 5.69 Å². The molecule has 1 aromatic carbocycles. The molecule has 2 rings (SSSR count). The van der Waals surface area contributed by atoms with E-state index >= 15 is 0 Å². The Bertz CT molecular complexity index is 629. The van der Waals surface area contributed by atoms with E-state index in [1.165, 1.54) is 5.56 Å². The lowest BCUT2D eigenvalue weighted by Gasteiger charge is -2.32. The van der Waals surface area contributed by atoms with Crippen LogP contribution in [-0.4, -0.2) is 46.0 Å². The van der Waals surface area contributed by atoms with E-state index in [9.17, 15) is 13.2 Å². The van der Waals surface area contributed by atoms with Crippen LogP contribution in [0.25, 0.3) is 0 Å². The second-order valence-electron chi connectivity index (χ2n) is 5.43. The Kier molecular flexibility index (Phi) is 5.28. The van der Waals surface area contributed by atoms with Gasteiger partial charge in [0.25, 0.3) is 0 Å². The maximum absolute atomic E-state index is 12.0. The molecule has 1 aliphatic rings. The lowest BCUT2D eigenvalue weighted by Crippen LogP contribution is -2.35. The van der Waals surface area contributed by atoms with Gasteiger partial charge in [-0.15, -0.1) is 0 Å². The van der Waals surface area contributed by atoms with Crippen LogP contribution >= 0.6 is 0 Å². The number of hydrogen-bond acceptors (Lipinski definition) is 5. The molecule has 2 N–H and O–H groups in total. The summed E-state index contributed by atoms with van der Waals surface area (Å²) in [4.78, 5) is 12.8. The fourth-order valence-electron chi connectivity index (χ4n) is 2.70. The number of rotatable bonds is 7. The summed E-state index contributed by atoms with van der Waals surface area (Å²) in [5.41, 5.74) is 7.18.